The molecule has 0 aliphatic carbocycles. The predicted molar refractivity (Wildman–Crippen MR) is 128 cm³/mol. The van der Waals surface area contributed by atoms with Crippen molar-refractivity contribution in [1.82, 2.24) is 9.55 Å². The first kappa shape index (κ1) is 28.7. The minimum Gasteiger partial charge on any atom is -0.463 e. The fourth-order valence-electron chi connectivity index (χ4n) is 3.72. The van der Waals surface area contributed by atoms with E-state index in [1.165, 1.54) is 19.1 Å². The van der Waals surface area contributed by atoms with Gasteiger partial charge in [0, 0.05) is 12.3 Å². The molecule has 3 rings (SSSR count). The number of hydrogen-bond acceptors (Lipinski definition) is 10. The molecule has 1 aromatic carbocycles. The van der Waals surface area contributed by atoms with Crippen LogP contribution in [-0.4, -0.2) is 69.1 Å². The molecule has 204 valence electrons. The van der Waals surface area contributed by atoms with Crippen molar-refractivity contribution in [3.63, 3.8) is 0 Å². The van der Waals surface area contributed by atoms with Gasteiger partial charge in [0.1, 0.15) is 24.6 Å². The van der Waals surface area contributed by atoms with Crippen molar-refractivity contribution in [2.75, 3.05) is 19.4 Å². The van der Waals surface area contributed by atoms with Crippen LogP contribution >= 0.6 is 7.60 Å². The van der Waals surface area contributed by atoms with Gasteiger partial charge in [-0.25, -0.2) is 13.8 Å². The van der Waals surface area contributed by atoms with Gasteiger partial charge in [0.2, 0.25) is 0 Å². The van der Waals surface area contributed by atoms with Crippen LogP contribution in [0.1, 0.15) is 27.0 Å². The third kappa shape index (κ3) is 6.74. The highest BCUT2D eigenvalue weighted by Crippen LogP contribution is 2.51. The fourth-order valence-corrected chi connectivity index (χ4v) is 5.59. The monoisotopic (exact) mass is 544 g/mol. The second-order valence-electron chi connectivity index (χ2n) is 8.99. The summed E-state index contributed by atoms with van der Waals surface area (Å²) in [6, 6.07) is 8.98. The number of aromatic nitrogens is 2. The zero-order chi connectivity index (χ0) is 27.4. The highest BCUT2D eigenvalue weighted by molar-refractivity contribution is 7.54. The van der Waals surface area contributed by atoms with Crippen molar-refractivity contribution >= 4 is 13.6 Å². The van der Waals surface area contributed by atoms with E-state index in [2.05, 4.69) is 0 Å². The molecule has 0 amide bonds. The summed E-state index contributed by atoms with van der Waals surface area (Å²) in [5.41, 5.74) is -4.32. The van der Waals surface area contributed by atoms with Gasteiger partial charge in [-0.05, 0) is 26.0 Å². The number of aliphatic hydroxyl groups excluding tert-OH is 1. The van der Waals surface area contributed by atoms with E-state index >= 15 is 0 Å². The average molecular weight is 544 g/mol. The zero-order valence-electron chi connectivity index (χ0n) is 20.5. The molecule has 3 N–H and O–H groups in total. The number of nitrogens with zero attached hydrogens (tertiary/aromatic N) is 1. The number of nitrogens with one attached hydrogen (secondary N) is 1. The molecule has 1 unspecified atom stereocenters. The number of hydrogen-bond donors (Lipinski definition) is 3. The summed E-state index contributed by atoms with van der Waals surface area (Å²) >= 11 is 0. The predicted octanol–water partition coefficient (Wildman–Crippen LogP) is 1.37. The second-order valence-corrected chi connectivity index (χ2v) is 11.0. The van der Waals surface area contributed by atoms with Crippen molar-refractivity contribution < 1.29 is 42.5 Å². The molecular formula is C23H30FN2O10P. The highest BCUT2D eigenvalue weighted by Gasteiger charge is 2.57. The first-order valence-electron chi connectivity index (χ1n) is 11.5. The molecule has 0 radical (unpaired) electrons. The molecule has 14 heteroatoms. The number of benzene rings is 1. The Morgan fingerprint density at radius 3 is 2.51 bits per heavy atom. The lowest BCUT2D eigenvalue weighted by Crippen LogP contribution is -2.51. The van der Waals surface area contributed by atoms with E-state index in [-0.39, 0.29) is 5.75 Å². The minimum absolute atomic E-state index is 0.182. The van der Waals surface area contributed by atoms with Gasteiger partial charge in [0.25, 0.3) is 5.56 Å². The summed E-state index contributed by atoms with van der Waals surface area (Å²) in [7, 11) is -4.12. The Bertz CT molecular complexity index is 1240. The maximum absolute atomic E-state index is 13.9. The molecule has 1 aliphatic rings. The van der Waals surface area contributed by atoms with Crippen LogP contribution in [-0.2, 0) is 23.4 Å². The molecular weight excluding hydrogens is 514 g/mol. The summed E-state index contributed by atoms with van der Waals surface area (Å²) in [6.45, 7) is 2.63. The van der Waals surface area contributed by atoms with Crippen LogP contribution in [0.25, 0.3) is 0 Å². The first-order valence-corrected chi connectivity index (χ1v) is 13.2. The van der Waals surface area contributed by atoms with Crippen molar-refractivity contribution in [3.8, 4) is 5.75 Å². The smallest absolute Gasteiger partial charge is 0.380 e. The third-order valence-electron chi connectivity index (χ3n) is 5.59. The number of aliphatic hydroxyl groups is 2. The van der Waals surface area contributed by atoms with Crippen LogP contribution in [0.3, 0.4) is 0 Å². The maximum Gasteiger partial charge on any atom is 0.380 e. The normalized spacial score (nSPS) is 26.0. The Hall–Kier alpha value is -2.83. The van der Waals surface area contributed by atoms with Gasteiger partial charge in [0.05, 0.1) is 24.8 Å². The van der Waals surface area contributed by atoms with Gasteiger partial charge in [-0.1, -0.05) is 25.1 Å². The number of ether oxygens (including phenoxy) is 2. The van der Waals surface area contributed by atoms with Gasteiger partial charge in [0.15, 0.2) is 11.8 Å². The summed E-state index contributed by atoms with van der Waals surface area (Å²) in [4.78, 5) is 37.9. The molecule has 0 spiro atoms. The standard InChI is InChI=1S/C23H30FN2O10P/c1-14(2)34-20(29)15(3)12-37(32,36-16-7-5-4-6-8-16)33-11-17-19(28)23(31,13-24)21(35-17)26-10-9-18(27)25-22(26)30/h4-10,14-15,17,19,21,28,31H,11-13H2,1-3H3,(H,25,27,30)/t15-,17-,19+,21-,23?,37+/m1/s1. The molecule has 0 bridgehead atoms. The van der Waals surface area contributed by atoms with E-state index in [4.69, 9.17) is 18.5 Å². The van der Waals surface area contributed by atoms with E-state index in [1.54, 1.807) is 32.0 Å². The fraction of sp³-hybridized carbons (Fsp3) is 0.522. The van der Waals surface area contributed by atoms with Gasteiger partial charge in [-0.2, -0.15) is 0 Å². The number of para-hydroxylation sites is 1. The highest BCUT2D eigenvalue weighted by atomic mass is 31.2. The molecule has 1 saturated heterocycles. The number of aromatic amines is 1. The molecule has 37 heavy (non-hydrogen) atoms. The molecule has 2 aromatic rings. The topological polar surface area (TPSA) is 166 Å². The number of carbonyl (C=O) groups excluding carboxylic acids is 1. The largest absolute Gasteiger partial charge is 0.463 e. The molecule has 1 aliphatic heterocycles. The third-order valence-corrected chi connectivity index (χ3v) is 7.61. The van der Waals surface area contributed by atoms with Crippen LogP contribution < -0.4 is 15.8 Å². The van der Waals surface area contributed by atoms with Gasteiger partial charge in [-0.3, -0.25) is 23.7 Å². The zero-order valence-corrected chi connectivity index (χ0v) is 21.4. The van der Waals surface area contributed by atoms with E-state index < -0.39 is 80.3 Å². The molecule has 1 fully saturated rings. The van der Waals surface area contributed by atoms with Crippen LogP contribution in [0.2, 0.25) is 0 Å². The Morgan fingerprint density at radius 2 is 1.92 bits per heavy atom. The van der Waals surface area contributed by atoms with Crippen molar-refractivity contribution in [2.45, 2.75) is 50.9 Å². The van der Waals surface area contributed by atoms with Crippen LogP contribution in [0.15, 0.2) is 52.2 Å². The summed E-state index contributed by atoms with van der Waals surface area (Å²) in [6.07, 6.45) is -4.94. The molecule has 12 nitrogen and oxygen atoms in total. The van der Waals surface area contributed by atoms with E-state index in [1.807, 2.05) is 4.98 Å². The van der Waals surface area contributed by atoms with Gasteiger partial charge >= 0.3 is 19.3 Å². The lowest BCUT2D eigenvalue weighted by atomic mass is 9.95. The lowest BCUT2D eigenvalue weighted by molar-refractivity contribution is -0.151. The van der Waals surface area contributed by atoms with Gasteiger partial charge in [-0.15, -0.1) is 0 Å². The number of alkyl halides is 1. The number of esters is 1. The molecule has 1 aromatic heterocycles. The summed E-state index contributed by atoms with van der Waals surface area (Å²) < 4.78 is 50.2. The SMILES string of the molecule is CC(C)OC(=O)[C@H](C)C[P@](=O)(OC[C@H]1O[C@@H](n2ccc(=O)[nH]c2=O)C(O)(CF)[C@H]1O)Oc1ccccc1. The number of halogens is 1. The Kier molecular flexibility index (Phi) is 9.09. The van der Waals surface area contributed by atoms with Crippen LogP contribution in [0.4, 0.5) is 4.39 Å². The molecule has 0 saturated carbocycles. The quantitative estimate of drug-likeness (QED) is 0.278. The number of H-pyrrole nitrogens is 1. The van der Waals surface area contributed by atoms with E-state index in [9.17, 15) is 33.6 Å². The Morgan fingerprint density at radius 1 is 1.24 bits per heavy atom. The average Bonchev–Trinajstić information content (AvgIpc) is 3.08. The van der Waals surface area contributed by atoms with Gasteiger partial charge < -0.3 is 24.2 Å². The Labute approximate surface area is 211 Å². The molecule has 2 heterocycles. The lowest BCUT2D eigenvalue weighted by Gasteiger charge is -2.28. The van der Waals surface area contributed by atoms with E-state index in [0.29, 0.717) is 4.57 Å². The molecule has 6 atom stereocenters. The summed E-state index contributed by atoms with van der Waals surface area (Å²) in [5, 5.41) is 21.4. The van der Waals surface area contributed by atoms with Crippen LogP contribution in [0, 0.1) is 5.92 Å². The Balaban J connectivity index is 1.83. The maximum atomic E-state index is 13.9. The minimum atomic E-state index is -4.12. The van der Waals surface area contributed by atoms with Crippen molar-refractivity contribution in [2.24, 2.45) is 5.92 Å². The number of carbonyl (C=O) groups is 1. The second kappa shape index (κ2) is 11.7. The van der Waals surface area contributed by atoms with Crippen LogP contribution in [0.5, 0.6) is 5.75 Å². The first-order chi connectivity index (χ1) is 17.4. The number of rotatable bonds is 11. The van der Waals surface area contributed by atoms with Crippen molar-refractivity contribution in [3.05, 3.63) is 63.4 Å². The summed E-state index contributed by atoms with van der Waals surface area (Å²) in [5.74, 6) is -1.35. The van der Waals surface area contributed by atoms with E-state index in [0.717, 1.165) is 12.3 Å². The van der Waals surface area contributed by atoms with Crippen molar-refractivity contribution in [1.29, 1.82) is 0 Å².